The first-order chi connectivity index (χ1) is 13.2. The van der Waals surface area contributed by atoms with Crippen molar-refractivity contribution in [3.63, 3.8) is 0 Å². The van der Waals surface area contributed by atoms with Crippen LogP contribution in [0.25, 0.3) is 0 Å². The summed E-state index contributed by atoms with van der Waals surface area (Å²) in [7, 11) is 0. The summed E-state index contributed by atoms with van der Waals surface area (Å²) in [6, 6.07) is 8.50. The van der Waals surface area contributed by atoms with Crippen LogP contribution in [-0.2, 0) is 14.3 Å². The summed E-state index contributed by atoms with van der Waals surface area (Å²) in [6.45, 7) is 7.12. The normalized spacial score (nSPS) is 27.2. The van der Waals surface area contributed by atoms with Crippen molar-refractivity contribution in [2.75, 3.05) is 18.0 Å². The Balaban J connectivity index is 1.40. The maximum atomic E-state index is 12.4. The molecule has 150 valence electrons. The second-order valence-electron chi connectivity index (χ2n) is 8.92. The zero-order chi connectivity index (χ0) is 20.1. The molecule has 3 saturated heterocycles. The number of fused-ring (bicyclic) bond motifs is 2. The number of likely N-dealkylation sites (tertiary alicyclic amines) is 1. The van der Waals surface area contributed by atoms with Crippen molar-refractivity contribution in [3.8, 4) is 0 Å². The molecular weight excluding hydrogens is 358 g/mol. The Labute approximate surface area is 165 Å². The molecule has 1 aromatic rings. The highest BCUT2D eigenvalue weighted by molar-refractivity contribution is 6.00. The van der Waals surface area contributed by atoms with Crippen LogP contribution in [0.1, 0.15) is 51.5 Å². The number of ether oxygens (including phenoxy) is 1. The number of benzene rings is 1. The summed E-state index contributed by atoms with van der Waals surface area (Å²) in [5, 5.41) is 2.41. The summed E-state index contributed by atoms with van der Waals surface area (Å²) in [5.74, 6) is -0.665. The molecule has 0 aliphatic carbocycles. The number of rotatable bonds is 2. The number of nitrogens with zero attached hydrogens (tertiary/aromatic N) is 2. The topological polar surface area (TPSA) is 79.0 Å². The molecule has 7 nitrogen and oxygen atoms in total. The van der Waals surface area contributed by atoms with Gasteiger partial charge in [-0.2, -0.15) is 0 Å². The van der Waals surface area contributed by atoms with E-state index in [9.17, 15) is 14.4 Å². The van der Waals surface area contributed by atoms with Crippen LogP contribution in [0.3, 0.4) is 0 Å². The summed E-state index contributed by atoms with van der Waals surface area (Å²) in [6.07, 6.45) is 1.67. The minimum Gasteiger partial charge on any atom is -0.444 e. The van der Waals surface area contributed by atoms with Gasteiger partial charge in [0.05, 0.1) is 12.0 Å². The molecule has 3 fully saturated rings. The maximum Gasteiger partial charge on any atom is 0.410 e. The van der Waals surface area contributed by atoms with Gasteiger partial charge in [0, 0.05) is 31.2 Å². The van der Waals surface area contributed by atoms with E-state index in [2.05, 4.69) is 10.2 Å². The van der Waals surface area contributed by atoms with E-state index in [1.165, 1.54) is 0 Å². The van der Waals surface area contributed by atoms with Gasteiger partial charge in [-0.1, -0.05) is 12.1 Å². The molecule has 7 heteroatoms. The fraction of sp³-hybridized carbons (Fsp3) is 0.571. The fourth-order valence-corrected chi connectivity index (χ4v) is 4.44. The molecular formula is C21H27N3O4. The van der Waals surface area contributed by atoms with Gasteiger partial charge >= 0.3 is 6.09 Å². The van der Waals surface area contributed by atoms with Gasteiger partial charge in [-0.05, 0) is 51.3 Å². The zero-order valence-electron chi connectivity index (χ0n) is 16.6. The Hall–Kier alpha value is -2.57. The van der Waals surface area contributed by atoms with Gasteiger partial charge in [0.25, 0.3) is 0 Å². The Kier molecular flexibility index (Phi) is 4.56. The minimum absolute atomic E-state index is 0.176. The molecule has 0 aromatic heterocycles. The smallest absolute Gasteiger partial charge is 0.410 e. The third-order valence-electron chi connectivity index (χ3n) is 5.73. The number of piperidine rings is 1. The SMILES string of the molecule is CC(C)(C)OC(=O)N1CC2CC1CN2c1ccc(C2CCC(=O)NC2=O)cc1. The lowest BCUT2D eigenvalue weighted by atomic mass is 9.90. The van der Waals surface area contributed by atoms with Crippen molar-refractivity contribution in [2.24, 2.45) is 0 Å². The lowest BCUT2D eigenvalue weighted by Crippen LogP contribution is -2.50. The number of piperazine rings is 1. The van der Waals surface area contributed by atoms with Gasteiger partial charge in [-0.3, -0.25) is 14.9 Å². The summed E-state index contributed by atoms with van der Waals surface area (Å²) < 4.78 is 5.52. The van der Waals surface area contributed by atoms with Gasteiger partial charge in [0.1, 0.15) is 5.60 Å². The van der Waals surface area contributed by atoms with Crippen LogP contribution >= 0.6 is 0 Å². The fourth-order valence-electron chi connectivity index (χ4n) is 4.44. The van der Waals surface area contributed by atoms with E-state index in [0.717, 1.165) is 24.2 Å². The lowest BCUT2D eigenvalue weighted by molar-refractivity contribution is -0.134. The molecule has 3 aliphatic heterocycles. The first-order valence-electron chi connectivity index (χ1n) is 9.91. The monoisotopic (exact) mass is 385 g/mol. The molecule has 4 rings (SSSR count). The number of amides is 3. The molecule has 3 unspecified atom stereocenters. The summed E-state index contributed by atoms with van der Waals surface area (Å²) >= 11 is 0. The number of hydrogen-bond acceptors (Lipinski definition) is 5. The van der Waals surface area contributed by atoms with Crippen LogP contribution in [0, 0.1) is 0 Å². The number of anilines is 1. The van der Waals surface area contributed by atoms with Gasteiger partial charge in [0.15, 0.2) is 0 Å². The molecule has 1 aromatic carbocycles. The molecule has 0 saturated carbocycles. The van der Waals surface area contributed by atoms with E-state index >= 15 is 0 Å². The van der Waals surface area contributed by atoms with E-state index in [0.29, 0.717) is 25.4 Å². The van der Waals surface area contributed by atoms with Gasteiger partial charge in [-0.15, -0.1) is 0 Å². The Morgan fingerprint density at radius 2 is 1.82 bits per heavy atom. The Bertz CT molecular complexity index is 799. The standard InChI is InChI=1S/C21H27N3O4/c1-21(2,3)28-20(27)24-12-15-10-16(24)11-23(15)14-6-4-13(5-7-14)17-8-9-18(25)22-19(17)26/h4-7,15-17H,8-12H2,1-3H3,(H,22,25,26). The van der Waals surface area contributed by atoms with Gasteiger partial charge in [-0.25, -0.2) is 4.79 Å². The predicted octanol–water partition coefficient (Wildman–Crippen LogP) is 2.40. The van der Waals surface area contributed by atoms with Crippen molar-refractivity contribution in [3.05, 3.63) is 29.8 Å². The van der Waals surface area contributed by atoms with Crippen molar-refractivity contribution in [1.82, 2.24) is 10.2 Å². The number of nitrogens with one attached hydrogen (secondary N) is 1. The van der Waals surface area contributed by atoms with Crippen LogP contribution in [0.2, 0.25) is 0 Å². The zero-order valence-corrected chi connectivity index (χ0v) is 16.6. The van der Waals surface area contributed by atoms with E-state index in [-0.39, 0.29) is 29.9 Å². The van der Waals surface area contributed by atoms with Gasteiger partial charge < -0.3 is 14.5 Å². The Morgan fingerprint density at radius 1 is 1.11 bits per heavy atom. The van der Waals surface area contributed by atoms with E-state index in [1.54, 1.807) is 0 Å². The quantitative estimate of drug-likeness (QED) is 0.791. The van der Waals surface area contributed by atoms with Crippen molar-refractivity contribution >= 4 is 23.6 Å². The van der Waals surface area contributed by atoms with Crippen molar-refractivity contribution < 1.29 is 19.1 Å². The van der Waals surface area contributed by atoms with E-state index < -0.39 is 5.60 Å². The molecule has 1 N–H and O–H groups in total. The minimum atomic E-state index is -0.482. The van der Waals surface area contributed by atoms with Gasteiger partial charge in [0.2, 0.25) is 11.8 Å². The summed E-state index contributed by atoms with van der Waals surface area (Å²) in [4.78, 5) is 40.0. The third-order valence-corrected chi connectivity index (χ3v) is 5.73. The third kappa shape index (κ3) is 3.57. The second-order valence-corrected chi connectivity index (χ2v) is 8.92. The predicted molar refractivity (Wildman–Crippen MR) is 104 cm³/mol. The molecule has 3 atom stereocenters. The van der Waals surface area contributed by atoms with Crippen LogP contribution in [0.4, 0.5) is 10.5 Å². The maximum absolute atomic E-state index is 12.4. The molecule has 28 heavy (non-hydrogen) atoms. The number of hydrogen-bond donors (Lipinski definition) is 1. The Morgan fingerprint density at radius 3 is 2.39 bits per heavy atom. The van der Waals surface area contributed by atoms with Crippen molar-refractivity contribution in [1.29, 1.82) is 0 Å². The lowest BCUT2D eigenvalue weighted by Gasteiger charge is -2.36. The number of carbonyl (C=O) groups is 3. The average Bonchev–Trinajstić information content (AvgIpc) is 3.21. The molecule has 2 bridgehead atoms. The first kappa shape index (κ1) is 18.8. The van der Waals surface area contributed by atoms with Crippen LogP contribution < -0.4 is 10.2 Å². The van der Waals surface area contributed by atoms with Crippen molar-refractivity contribution in [2.45, 2.75) is 63.6 Å². The van der Waals surface area contributed by atoms with E-state index in [1.807, 2.05) is 49.9 Å². The molecule has 3 heterocycles. The largest absolute Gasteiger partial charge is 0.444 e. The number of carbonyl (C=O) groups excluding carboxylic acids is 3. The highest BCUT2D eigenvalue weighted by atomic mass is 16.6. The average molecular weight is 385 g/mol. The number of imide groups is 1. The molecule has 0 radical (unpaired) electrons. The molecule has 3 amide bonds. The second kappa shape index (κ2) is 6.79. The first-order valence-corrected chi connectivity index (χ1v) is 9.91. The van der Waals surface area contributed by atoms with Crippen LogP contribution in [-0.4, -0.2) is 53.6 Å². The van der Waals surface area contributed by atoms with E-state index in [4.69, 9.17) is 4.74 Å². The highest BCUT2D eigenvalue weighted by Crippen LogP contribution is 2.36. The van der Waals surface area contributed by atoms with Crippen LogP contribution in [0.5, 0.6) is 0 Å². The summed E-state index contributed by atoms with van der Waals surface area (Å²) in [5.41, 5.74) is 1.56. The molecule has 0 spiro atoms. The molecule has 3 aliphatic rings. The highest BCUT2D eigenvalue weighted by Gasteiger charge is 2.46. The van der Waals surface area contributed by atoms with Crippen LogP contribution in [0.15, 0.2) is 24.3 Å².